The van der Waals surface area contributed by atoms with Crippen molar-refractivity contribution in [3.63, 3.8) is 0 Å². The summed E-state index contributed by atoms with van der Waals surface area (Å²) < 4.78 is 11.2. The first-order chi connectivity index (χ1) is 15.0. The molecule has 0 aliphatic heterocycles. The van der Waals surface area contributed by atoms with E-state index in [0.717, 1.165) is 15.6 Å². The van der Waals surface area contributed by atoms with E-state index in [-0.39, 0.29) is 24.0 Å². The lowest BCUT2D eigenvalue weighted by atomic mass is 10.2. The van der Waals surface area contributed by atoms with Crippen LogP contribution in [0.15, 0.2) is 52.2 Å². The van der Waals surface area contributed by atoms with E-state index in [1.54, 1.807) is 25.3 Å². The molecule has 2 amide bonds. The third-order valence-corrected chi connectivity index (χ3v) is 6.29. The highest BCUT2D eigenvalue weighted by atomic mass is 32.2. The molecule has 0 aliphatic rings. The van der Waals surface area contributed by atoms with Crippen LogP contribution in [0.4, 0.5) is 11.4 Å². The number of aryl methyl sites for hydroxylation is 1. The molecule has 1 aromatic heterocycles. The van der Waals surface area contributed by atoms with Crippen molar-refractivity contribution in [2.24, 2.45) is 0 Å². The smallest absolute Gasteiger partial charge is 0.234 e. The summed E-state index contributed by atoms with van der Waals surface area (Å²) >= 11 is 2.75. The molecule has 1 heterocycles. The number of thioether (sulfide) groups is 1. The van der Waals surface area contributed by atoms with Gasteiger partial charge in [-0.3, -0.25) is 9.59 Å². The van der Waals surface area contributed by atoms with Crippen LogP contribution < -0.4 is 20.1 Å². The number of ether oxygens (including phenoxy) is 2. The standard InChI is InChI=1S/C22H23N3O4S2/c1-14-4-6-15(7-5-14)23-21(27)13-31-22-24-16(12-30-22)10-20(26)25-18-9-8-17(28-2)11-19(18)29-3/h4-9,11-12H,10,13H2,1-3H3,(H,23,27)(H,25,26). The lowest BCUT2D eigenvalue weighted by molar-refractivity contribution is -0.116. The Morgan fingerprint density at radius 2 is 1.81 bits per heavy atom. The van der Waals surface area contributed by atoms with E-state index < -0.39 is 0 Å². The van der Waals surface area contributed by atoms with E-state index in [9.17, 15) is 9.59 Å². The summed E-state index contributed by atoms with van der Waals surface area (Å²) in [5, 5.41) is 7.51. The van der Waals surface area contributed by atoms with Gasteiger partial charge in [-0.1, -0.05) is 29.5 Å². The summed E-state index contributed by atoms with van der Waals surface area (Å²) in [6.07, 6.45) is 0.127. The predicted molar refractivity (Wildman–Crippen MR) is 125 cm³/mol. The molecule has 0 aliphatic carbocycles. The fourth-order valence-corrected chi connectivity index (χ4v) is 4.30. The number of hydrogen-bond donors (Lipinski definition) is 2. The van der Waals surface area contributed by atoms with Gasteiger partial charge in [0, 0.05) is 17.1 Å². The van der Waals surface area contributed by atoms with E-state index in [1.807, 2.05) is 36.6 Å². The molecule has 0 unspecified atom stereocenters. The van der Waals surface area contributed by atoms with E-state index in [0.29, 0.717) is 22.9 Å². The Labute approximate surface area is 189 Å². The number of nitrogens with one attached hydrogen (secondary N) is 2. The normalized spacial score (nSPS) is 10.4. The average molecular weight is 458 g/mol. The van der Waals surface area contributed by atoms with Gasteiger partial charge in [-0.15, -0.1) is 11.3 Å². The molecule has 2 aromatic carbocycles. The van der Waals surface area contributed by atoms with Gasteiger partial charge in [-0.25, -0.2) is 4.98 Å². The van der Waals surface area contributed by atoms with Gasteiger partial charge in [-0.2, -0.15) is 0 Å². The molecule has 0 fully saturated rings. The number of anilines is 2. The minimum absolute atomic E-state index is 0.102. The maximum absolute atomic E-state index is 12.4. The SMILES string of the molecule is COc1ccc(NC(=O)Cc2csc(SCC(=O)Nc3ccc(C)cc3)n2)c(OC)c1. The van der Waals surface area contributed by atoms with E-state index in [4.69, 9.17) is 9.47 Å². The predicted octanol–water partition coefficient (Wildman–Crippen LogP) is 4.38. The summed E-state index contributed by atoms with van der Waals surface area (Å²) in [5.41, 5.74) is 3.11. The molecule has 3 rings (SSSR count). The summed E-state index contributed by atoms with van der Waals surface area (Å²) in [7, 11) is 3.10. The number of rotatable bonds is 9. The molecular formula is C22H23N3O4S2. The van der Waals surface area contributed by atoms with Gasteiger partial charge in [0.15, 0.2) is 4.34 Å². The zero-order valence-corrected chi connectivity index (χ0v) is 19.1. The topological polar surface area (TPSA) is 89.5 Å². The molecule has 0 bridgehead atoms. The van der Waals surface area contributed by atoms with Crippen LogP contribution in [-0.2, 0) is 16.0 Å². The van der Waals surface area contributed by atoms with Crippen molar-refractivity contribution in [2.45, 2.75) is 17.7 Å². The monoisotopic (exact) mass is 457 g/mol. The number of aromatic nitrogens is 1. The minimum Gasteiger partial charge on any atom is -0.497 e. The molecule has 0 saturated heterocycles. The number of hydrogen-bond acceptors (Lipinski definition) is 7. The molecule has 0 atom stereocenters. The Hall–Kier alpha value is -3.04. The molecule has 0 spiro atoms. The summed E-state index contributed by atoms with van der Waals surface area (Å²) in [6.45, 7) is 2.00. The highest BCUT2D eigenvalue weighted by Crippen LogP contribution is 2.29. The highest BCUT2D eigenvalue weighted by molar-refractivity contribution is 8.01. The van der Waals surface area contributed by atoms with Gasteiger partial charge in [0.05, 0.1) is 37.8 Å². The molecule has 0 saturated carbocycles. The fourth-order valence-electron chi connectivity index (χ4n) is 2.66. The molecule has 162 valence electrons. The van der Waals surface area contributed by atoms with Crippen LogP contribution in [0.5, 0.6) is 11.5 Å². The van der Waals surface area contributed by atoms with Crippen LogP contribution in [-0.4, -0.2) is 36.8 Å². The van der Waals surface area contributed by atoms with Gasteiger partial charge in [0.1, 0.15) is 11.5 Å². The van der Waals surface area contributed by atoms with Crippen LogP contribution in [0.1, 0.15) is 11.3 Å². The van der Waals surface area contributed by atoms with Gasteiger partial charge >= 0.3 is 0 Å². The van der Waals surface area contributed by atoms with Gasteiger partial charge < -0.3 is 20.1 Å². The number of thiazole rings is 1. The Morgan fingerprint density at radius 1 is 1.03 bits per heavy atom. The Kier molecular flexibility index (Phi) is 7.91. The first-order valence-corrected chi connectivity index (χ1v) is 11.3. The number of carbonyl (C=O) groups is 2. The number of methoxy groups -OCH3 is 2. The molecule has 2 N–H and O–H groups in total. The van der Waals surface area contributed by atoms with Crippen molar-refractivity contribution in [3.8, 4) is 11.5 Å². The van der Waals surface area contributed by atoms with Crippen molar-refractivity contribution in [2.75, 3.05) is 30.6 Å². The molecular weight excluding hydrogens is 434 g/mol. The van der Waals surface area contributed by atoms with E-state index >= 15 is 0 Å². The van der Waals surface area contributed by atoms with Gasteiger partial charge in [-0.05, 0) is 31.2 Å². The lowest BCUT2D eigenvalue weighted by Gasteiger charge is -2.11. The second kappa shape index (κ2) is 10.8. The van der Waals surface area contributed by atoms with Crippen LogP contribution in [0.3, 0.4) is 0 Å². The Morgan fingerprint density at radius 3 is 2.52 bits per heavy atom. The number of carbonyl (C=O) groups excluding carboxylic acids is 2. The molecule has 3 aromatic rings. The average Bonchev–Trinajstić information content (AvgIpc) is 3.21. The van der Waals surface area contributed by atoms with Crippen molar-refractivity contribution in [3.05, 3.63) is 59.1 Å². The van der Waals surface area contributed by atoms with Crippen molar-refractivity contribution < 1.29 is 19.1 Å². The number of benzene rings is 2. The Bertz CT molecular complexity index is 1050. The minimum atomic E-state index is -0.206. The maximum Gasteiger partial charge on any atom is 0.234 e. The van der Waals surface area contributed by atoms with Gasteiger partial charge in [0.2, 0.25) is 11.8 Å². The molecule has 0 radical (unpaired) electrons. The summed E-state index contributed by atoms with van der Waals surface area (Å²) in [5.74, 6) is 1.09. The van der Waals surface area contributed by atoms with Crippen molar-refractivity contribution in [1.82, 2.24) is 4.98 Å². The zero-order chi connectivity index (χ0) is 22.2. The van der Waals surface area contributed by atoms with Gasteiger partial charge in [0.25, 0.3) is 0 Å². The largest absolute Gasteiger partial charge is 0.497 e. The van der Waals surface area contributed by atoms with Crippen LogP contribution in [0, 0.1) is 6.92 Å². The quantitative estimate of drug-likeness (QED) is 0.464. The number of amides is 2. The molecule has 31 heavy (non-hydrogen) atoms. The van der Waals surface area contributed by atoms with Crippen molar-refractivity contribution >= 4 is 46.3 Å². The Balaban J connectivity index is 1.49. The van der Waals surface area contributed by atoms with E-state index in [2.05, 4.69) is 15.6 Å². The summed E-state index contributed by atoms with van der Waals surface area (Å²) in [6, 6.07) is 12.8. The fraction of sp³-hybridized carbons (Fsp3) is 0.227. The highest BCUT2D eigenvalue weighted by Gasteiger charge is 2.13. The van der Waals surface area contributed by atoms with E-state index in [1.165, 1.54) is 30.2 Å². The third-order valence-electron chi connectivity index (χ3n) is 4.22. The van der Waals surface area contributed by atoms with Crippen LogP contribution in [0.25, 0.3) is 0 Å². The maximum atomic E-state index is 12.4. The van der Waals surface area contributed by atoms with Crippen molar-refractivity contribution in [1.29, 1.82) is 0 Å². The molecule has 7 nitrogen and oxygen atoms in total. The third kappa shape index (κ3) is 6.73. The zero-order valence-electron chi connectivity index (χ0n) is 17.4. The van der Waals surface area contributed by atoms with Crippen LogP contribution in [0.2, 0.25) is 0 Å². The molecule has 9 heteroatoms. The summed E-state index contributed by atoms with van der Waals surface area (Å²) in [4.78, 5) is 29.0. The second-order valence-electron chi connectivity index (χ2n) is 6.60. The van der Waals surface area contributed by atoms with Crippen LogP contribution >= 0.6 is 23.1 Å². The number of nitrogens with zero attached hydrogens (tertiary/aromatic N) is 1. The first-order valence-electron chi connectivity index (χ1n) is 9.42. The second-order valence-corrected chi connectivity index (χ2v) is 8.68. The lowest BCUT2D eigenvalue weighted by Crippen LogP contribution is -2.15. The first kappa shape index (κ1) is 22.6.